The normalized spacial score (nSPS) is 37.7. The first-order valence-corrected chi connectivity index (χ1v) is 7.91. The molecule has 3 aliphatic rings. The summed E-state index contributed by atoms with van der Waals surface area (Å²) in [6.07, 6.45) is 7.18. The summed E-state index contributed by atoms with van der Waals surface area (Å²) in [6.45, 7) is 0.436. The van der Waals surface area contributed by atoms with Crippen LogP contribution < -0.4 is 10.6 Å². The third-order valence-corrected chi connectivity index (χ3v) is 5.60. The summed E-state index contributed by atoms with van der Waals surface area (Å²) in [5.74, 6) is 2.51. The van der Waals surface area contributed by atoms with Gasteiger partial charge in [-0.3, -0.25) is 4.79 Å². The Labute approximate surface area is 119 Å². The highest BCUT2D eigenvalue weighted by Crippen LogP contribution is 2.58. The molecule has 20 heavy (non-hydrogen) atoms. The van der Waals surface area contributed by atoms with Crippen molar-refractivity contribution in [3.63, 3.8) is 0 Å². The molecule has 3 saturated carbocycles. The highest BCUT2D eigenvalue weighted by molar-refractivity contribution is 5.74. The Morgan fingerprint density at radius 1 is 1.10 bits per heavy atom. The number of nitrogens with one attached hydrogen (secondary N) is 2. The van der Waals surface area contributed by atoms with E-state index < -0.39 is 5.97 Å². The molecule has 3 aliphatic carbocycles. The molecule has 3 rings (SSSR count). The lowest BCUT2D eigenvalue weighted by Crippen LogP contribution is -2.47. The van der Waals surface area contributed by atoms with Gasteiger partial charge in [-0.15, -0.1) is 0 Å². The number of carbonyl (C=O) groups excluding carboxylic acids is 1. The van der Waals surface area contributed by atoms with Crippen molar-refractivity contribution in [3.8, 4) is 0 Å². The molecular formula is C15H24N2O3. The number of aliphatic carboxylic acids is 1. The first-order valence-electron chi connectivity index (χ1n) is 7.91. The second-order valence-corrected chi connectivity index (χ2v) is 6.66. The summed E-state index contributed by atoms with van der Waals surface area (Å²) in [4.78, 5) is 22.2. The zero-order valence-corrected chi connectivity index (χ0v) is 11.8. The first-order chi connectivity index (χ1) is 9.65. The van der Waals surface area contributed by atoms with E-state index in [9.17, 15) is 9.59 Å². The zero-order chi connectivity index (χ0) is 14.1. The largest absolute Gasteiger partial charge is 0.481 e. The van der Waals surface area contributed by atoms with Gasteiger partial charge in [-0.1, -0.05) is 6.42 Å². The van der Waals surface area contributed by atoms with Crippen LogP contribution in [0.4, 0.5) is 4.79 Å². The Balaban J connectivity index is 1.41. The predicted octanol–water partition coefficient (Wildman–Crippen LogP) is 1.98. The smallest absolute Gasteiger partial charge is 0.315 e. The summed E-state index contributed by atoms with van der Waals surface area (Å²) in [7, 11) is 0. The van der Waals surface area contributed by atoms with Crippen LogP contribution in [-0.4, -0.2) is 29.7 Å². The Hall–Kier alpha value is -1.26. The lowest BCUT2D eigenvalue weighted by atomic mass is 9.79. The van der Waals surface area contributed by atoms with Gasteiger partial charge in [0.1, 0.15) is 0 Å². The molecular weight excluding hydrogens is 256 g/mol. The van der Waals surface area contributed by atoms with E-state index in [0.29, 0.717) is 24.9 Å². The van der Waals surface area contributed by atoms with Crippen LogP contribution in [0.3, 0.4) is 0 Å². The monoisotopic (exact) mass is 280 g/mol. The number of fused-ring (bicyclic) bond motifs is 5. The summed E-state index contributed by atoms with van der Waals surface area (Å²) >= 11 is 0. The SMILES string of the molecule is O=C(O)CCCNC(=O)NC1CC2CC1C1CCCC21. The van der Waals surface area contributed by atoms with Crippen molar-refractivity contribution in [3.05, 3.63) is 0 Å². The van der Waals surface area contributed by atoms with E-state index in [1.807, 2.05) is 0 Å². The second kappa shape index (κ2) is 5.62. The minimum Gasteiger partial charge on any atom is -0.481 e. The van der Waals surface area contributed by atoms with E-state index in [1.54, 1.807) is 0 Å². The molecule has 5 nitrogen and oxygen atoms in total. The van der Waals surface area contributed by atoms with Crippen molar-refractivity contribution < 1.29 is 14.7 Å². The van der Waals surface area contributed by atoms with Crippen LogP contribution in [-0.2, 0) is 4.79 Å². The number of hydrogen-bond acceptors (Lipinski definition) is 2. The van der Waals surface area contributed by atoms with Crippen molar-refractivity contribution in [1.29, 1.82) is 0 Å². The number of rotatable bonds is 5. The van der Waals surface area contributed by atoms with Crippen molar-refractivity contribution in [2.45, 2.75) is 51.0 Å². The Bertz CT molecular complexity index is 399. The molecule has 3 fully saturated rings. The van der Waals surface area contributed by atoms with Gasteiger partial charge in [0.15, 0.2) is 0 Å². The molecule has 0 radical (unpaired) electrons. The van der Waals surface area contributed by atoms with Gasteiger partial charge in [0, 0.05) is 19.0 Å². The Kier molecular flexibility index (Phi) is 3.85. The molecule has 5 heteroatoms. The number of hydrogen-bond donors (Lipinski definition) is 3. The van der Waals surface area contributed by atoms with Crippen LogP contribution in [0.5, 0.6) is 0 Å². The third kappa shape index (κ3) is 2.63. The van der Waals surface area contributed by atoms with Crippen LogP contribution in [0, 0.1) is 23.7 Å². The van der Waals surface area contributed by atoms with Gasteiger partial charge in [0.05, 0.1) is 0 Å². The van der Waals surface area contributed by atoms with Crippen LogP contribution >= 0.6 is 0 Å². The molecule has 0 aromatic carbocycles. The molecule has 0 spiro atoms. The van der Waals surface area contributed by atoms with E-state index in [-0.39, 0.29) is 12.5 Å². The van der Waals surface area contributed by atoms with E-state index >= 15 is 0 Å². The molecule has 5 atom stereocenters. The lowest BCUT2D eigenvalue weighted by molar-refractivity contribution is -0.137. The molecule has 2 bridgehead atoms. The van der Waals surface area contributed by atoms with Crippen molar-refractivity contribution in [1.82, 2.24) is 10.6 Å². The highest BCUT2D eigenvalue weighted by Gasteiger charge is 2.53. The average Bonchev–Trinajstić information content (AvgIpc) is 3.05. The van der Waals surface area contributed by atoms with Crippen LogP contribution in [0.1, 0.15) is 44.9 Å². The average molecular weight is 280 g/mol. The number of carboxylic acids is 1. The molecule has 3 N–H and O–H groups in total. The summed E-state index contributed by atoms with van der Waals surface area (Å²) < 4.78 is 0. The zero-order valence-electron chi connectivity index (χ0n) is 11.8. The fourth-order valence-electron chi connectivity index (χ4n) is 4.89. The summed E-state index contributed by atoms with van der Waals surface area (Å²) in [5, 5.41) is 14.4. The quantitative estimate of drug-likeness (QED) is 0.674. The summed E-state index contributed by atoms with van der Waals surface area (Å²) in [6, 6.07) is 0.223. The maximum atomic E-state index is 11.8. The van der Waals surface area contributed by atoms with Crippen LogP contribution in [0.25, 0.3) is 0 Å². The van der Waals surface area contributed by atoms with Crippen LogP contribution in [0.2, 0.25) is 0 Å². The van der Waals surface area contributed by atoms with Gasteiger partial charge < -0.3 is 15.7 Å². The van der Waals surface area contributed by atoms with Crippen molar-refractivity contribution in [2.75, 3.05) is 6.54 Å². The topological polar surface area (TPSA) is 78.4 Å². The molecule has 2 amide bonds. The number of carbonyl (C=O) groups is 2. The number of amides is 2. The van der Waals surface area contributed by atoms with Gasteiger partial charge in [0.25, 0.3) is 0 Å². The minimum atomic E-state index is -0.812. The van der Waals surface area contributed by atoms with E-state index in [4.69, 9.17) is 5.11 Å². The highest BCUT2D eigenvalue weighted by atomic mass is 16.4. The minimum absolute atomic E-state index is 0.109. The van der Waals surface area contributed by atoms with Gasteiger partial charge >= 0.3 is 12.0 Å². The molecule has 0 saturated heterocycles. The maximum Gasteiger partial charge on any atom is 0.315 e. The molecule has 0 aromatic rings. The van der Waals surface area contributed by atoms with Gasteiger partial charge in [0.2, 0.25) is 0 Å². The van der Waals surface area contributed by atoms with E-state index in [0.717, 1.165) is 24.2 Å². The third-order valence-electron chi connectivity index (χ3n) is 5.60. The molecule has 112 valence electrons. The number of urea groups is 1. The van der Waals surface area contributed by atoms with E-state index in [2.05, 4.69) is 10.6 Å². The predicted molar refractivity (Wildman–Crippen MR) is 74.2 cm³/mol. The molecule has 5 unspecified atom stereocenters. The molecule has 0 heterocycles. The van der Waals surface area contributed by atoms with Crippen LogP contribution in [0.15, 0.2) is 0 Å². The fourth-order valence-corrected chi connectivity index (χ4v) is 4.89. The maximum absolute atomic E-state index is 11.8. The number of carboxylic acid groups (broad SMARTS) is 1. The van der Waals surface area contributed by atoms with Gasteiger partial charge in [-0.05, 0) is 55.8 Å². The first kappa shape index (κ1) is 13.7. The summed E-state index contributed by atoms with van der Waals surface area (Å²) in [5.41, 5.74) is 0. The fraction of sp³-hybridized carbons (Fsp3) is 0.867. The second-order valence-electron chi connectivity index (χ2n) is 6.66. The molecule has 0 aromatic heterocycles. The standard InChI is InChI=1S/C15H24N2O3/c18-14(19)5-2-6-16-15(20)17-13-8-9-7-12(13)11-4-1-3-10(9)11/h9-13H,1-8H2,(H,18,19)(H2,16,17,20). The van der Waals surface area contributed by atoms with Gasteiger partial charge in [-0.25, -0.2) is 4.79 Å². The van der Waals surface area contributed by atoms with Crippen molar-refractivity contribution >= 4 is 12.0 Å². The Morgan fingerprint density at radius 2 is 1.90 bits per heavy atom. The van der Waals surface area contributed by atoms with E-state index in [1.165, 1.54) is 25.7 Å². The molecule has 0 aliphatic heterocycles. The Morgan fingerprint density at radius 3 is 2.70 bits per heavy atom. The van der Waals surface area contributed by atoms with Crippen molar-refractivity contribution in [2.24, 2.45) is 23.7 Å². The lowest BCUT2D eigenvalue weighted by Gasteiger charge is -2.32. The van der Waals surface area contributed by atoms with Gasteiger partial charge in [-0.2, -0.15) is 0 Å².